The Bertz CT molecular complexity index is 1110. The number of rotatable bonds is 8. The van der Waals surface area contributed by atoms with Crippen LogP contribution in [-0.4, -0.2) is 44.8 Å². The molecule has 0 saturated heterocycles. The molecule has 2 N–H and O–H groups in total. The Kier molecular flexibility index (Phi) is 6.65. The van der Waals surface area contributed by atoms with Crippen LogP contribution in [0.5, 0.6) is 0 Å². The number of aromatic nitrogens is 3. The van der Waals surface area contributed by atoms with E-state index in [1.165, 1.54) is 47.1 Å². The molecule has 0 bridgehead atoms. The predicted octanol–water partition coefficient (Wildman–Crippen LogP) is 1.71. The van der Waals surface area contributed by atoms with Gasteiger partial charge in [-0.15, -0.1) is 5.10 Å². The van der Waals surface area contributed by atoms with Gasteiger partial charge in [0.15, 0.2) is 5.69 Å². The van der Waals surface area contributed by atoms with Crippen LogP contribution < -0.4 is 10.6 Å². The highest BCUT2D eigenvalue weighted by atomic mass is 19.1. The average molecular weight is 426 g/mol. The number of halogens is 1. The molecule has 160 valence electrons. The number of non-ortho nitro benzene ring substituents is 1. The van der Waals surface area contributed by atoms with Gasteiger partial charge in [-0.25, -0.2) is 9.07 Å². The lowest BCUT2D eigenvalue weighted by Crippen LogP contribution is -2.35. The van der Waals surface area contributed by atoms with Crippen LogP contribution in [0.1, 0.15) is 21.7 Å². The first-order chi connectivity index (χ1) is 14.8. The maximum Gasteiger partial charge on any atom is 0.273 e. The number of hydrogen-bond acceptors (Lipinski definition) is 6. The largest absolute Gasteiger partial charge is 0.354 e. The SMILES string of the molecule is Cc1c(C(=O)NCCNC(=O)Cc2ccc(F)cc2)nnn1-c1cccc([N+](=O)[O-])c1. The number of nitrogens with zero attached hydrogens (tertiary/aromatic N) is 4. The van der Waals surface area contributed by atoms with E-state index in [1.807, 2.05) is 0 Å². The van der Waals surface area contributed by atoms with E-state index in [4.69, 9.17) is 0 Å². The van der Waals surface area contributed by atoms with Crippen LogP contribution in [0.15, 0.2) is 48.5 Å². The van der Waals surface area contributed by atoms with Crippen molar-refractivity contribution < 1.29 is 18.9 Å². The first kappa shape index (κ1) is 21.6. The van der Waals surface area contributed by atoms with Crippen LogP contribution in [0.2, 0.25) is 0 Å². The minimum Gasteiger partial charge on any atom is -0.354 e. The Hall–Kier alpha value is -4.15. The highest BCUT2D eigenvalue weighted by molar-refractivity contribution is 5.93. The molecule has 1 heterocycles. The molecule has 0 unspecified atom stereocenters. The molecule has 0 aliphatic carbocycles. The van der Waals surface area contributed by atoms with E-state index >= 15 is 0 Å². The number of amides is 2. The minimum absolute atomic E-state index is 0.0733. The first-order valence-corrected chi connectivity index (χ1v) is 9.31. The van der Waals surface area contributed by atoms with Gasteiger partial charge in [0.2, 0.25) is 5.91 Å². The molecule has 10 nitrogen and oxygen atoms in total. The highest BCUT2D eigenvalue weighted by Gasteiger charge is 2.18. The number of carbonyl (C=O) groups is 2. The molecule has 0 fully saturated rings. The molecule has 11 heteroatoms. The van der Waals surface area contributed by atoms with Crippen LogP contribution in [0, 0.1) is 22.9 Å². The lowest BCUT2D eigenvalue weighted by molar-refractivity contribution is -0.384. The van der Waals surface area contributed by atoms with Gasteiger partial charge < -0.3 is 10.6 Å². The van der Waals surface area contributed by atoms with Crippen LogP contribution >= 0.6 is 0 Å². The molecular weight excluding hydrogens is 407 g/mol. The molecule has 3 rings (SSSR count). The van der Waals surface area contributed by atoms with Crippen molar-refractivity contribution in [3.63, 3.8) is 0 Å². The first-order valence-electron chi connectivity index (χ1n) is 9.31. The molecule has 0 spiro atoms. The van der Waals surface area contributed by atoms with Crippen molar-refractivity contribution >= 4 is 17.5 Å². The maximum atomic E-state index is 12.9. The van der Waals surface area contributed by atoms with Gasteiger partial charge in [-0.3, -0.25) is 19.7 Å². The van der Waals surface area contributed by atoms with Gasteiger partial charge in [-0.05, 0) is 30.7 Å². The van der Waals surface area contributed by atoms with Crippen LogP contribution in [0.4, 0.5) is 10.1 Å². The third kappa shape index (κ3) is 5.47. The molecule has 1 aromatic heterocycles. The van der Waals surface area contributed by atoms with E-state index in [0.29, 0.717) is 16.9 Å². The quantitative estimate of drug-likeness (QED) is 0.320. The van der Waals surface area contributed by atoms with Gasteiger partial charge in [0.25, 0.3) is 11.6 Å². The van der Waals surface area contributed by atoms with Crippen molar-refractivity contribution in [3.8, 4) is 5.69 Å². The summed E-state index contributed by atoms with van der Waals surface area (Å²) >= 11 is 0. The van der Waals surface area contributed by atoms with Crippen molar-refractivity contribution in [2.24, 2.45) is 0 Å². The average Bonchev–Trinajstić information content (AvgIpc) is 3.14. The van der Waals surface area contributed by atoms with Crippen molar-refractivity contribution in [2.75, 3.05) is 13.1 Å². The third-order valence-corrected chi connectivity index (χ3v) is 4.41. The summed E-state index contributed by atoms with van der Waals surface area (Å²) < 4.78 is 14.2. The Labute approximate surface area is 176 Å². The van der Waals surface area contributed by atoms with Gasteiger partial charge in [0.05, 0.1) is 22.7 Å². The van der Waals surface area contributed by atoms with Crippen LogP contribution in [0.25, 0.3) is 5.69 Å². The number of benzene rings is 2. The summed E-state index contributed by atoms with van der Waals surface area (Å²) in [5.41, 5.74) is 1.47. The molecule has 0 atom stereocenters. The fourth-order valence-electron chi connectivity index (χ4n) is 2.83. The monoisotopic (exact) mass is 426 g/mol. The zero-order valence-corrected chi connectivity index (χ0v) is 16.5. The molecular formula is C20H19FN6O4. The number of carbonyl (C=O) groups excluding carboxylic acids is 2. The number of nitro benzene ring substituents is 1. The van der Waals surface area contributed by atoms with Gasteiger partial charge in [0.1, 0.15) is 5.82 Å². The van der Waals surface area contributed by atoms with Crippen molar-refractivity contribution in [1.29, 1.82) is 0 Å². The van der Waals surface area contributed by atoms with E-state index in [-0.39, 0.29) is 42.6 Å². The molecule has 0 radical (unpaired) electrons. The van der Waals surface area contributed by atoms with Crippen LogP contribution in [0.3, 0.4) is 0 Å². The summed E-state index contributed by atoms with van der Waals surface area (Å²) in [6.45, 7) is 1.99. The van der Waals surface area contributed by atoms with Crippen molar-refractivity contribution in [3.05, 3.63) is 81.4 Å². The van der Waals surface area contributed by atoms with Crippen LogP contribution in [-0.2, 0) is 11.2 Å². The molecule has 31 heavy (non-hydrogen) atoms. The van der Waals surface area contributed by atoms with E-state index in [1.54, 1.807) is 13.0 Å². The Morgan fingerprint density at radius 3 is 2.55 bits per heavy atom. The van der Waals surface area contributed by atoms with Gasteiger partial charge in [0, 0.05) is 25.2 Å². The standard InChI is InChI=1S/C20H19FN6O4/c1-13-19(24-25-26(13)16-3-2-4-17(12-16)27(30)31)20(29)23-10-9-22-18(28)11-14-5-7-15(21)8-6-14/h2-8,12H,9-11H2,1H3,(H,22,28)(H,23,29). The van der Waals surface area contributed by atoms with Crippen molar-refractivity contribution in [1.82, 2.24) is 25.6 Å². The normalized spacial score (nSPS) is 10.5. The summed E-state index contributed by atoms with van der Waals surface area (Å²) in [6, 6.07) is 11.5. The summed E-state index contributed by atoms with van der Waals surface area (Å²) in [4.78, 5) is 34.7. The minimum atomic E-state index is -0.520. The molecule has 0 saturated carbocycles. The zero-order valence-electron chi connectivity index (χ0n) is 16.5. The Morgan fingerprint density at radius 1 is 1.13 bits per heavy atom. The van der Waals surface area contributed by atoms with Gasteiger partial charge >= 0.3 is 0 Å². The number of nitro groups is 1. The third-order valence-electron chi connectivity index (χ3n) is 4.41. The van der Waals surface area contributed by atoms with E-state index in [9.17, 15) is 24.1 Å². The summed E-state index contributed by atoms with van der Waals surface area (Å²) in [6.07, 6.45) is 0.102. The Balaban J connectivity index is 1.52. The molecule has 2 amide bonds. The second-order valence-electron chi connectivity index (χ2n) is 6.62. The topological polar surface area (TPSA) is 132 Å². The number of nitrogens with one attached hydrogen (secondary N) is 2. The molecule has 2 aromatic carbocycles. The predicted molar refractivity (Wildman–Crippen MR) is 108 cm³/mol. The fourth-order valence-corrected chi connectivity index (χ4v) is 2.83. The van der Waals surface area contributed by atoms with Gasteiger partial charge in [-0.1, -0.05) is 23.4 Å². The lowest BCUT2D eigenvalue weighted by atomic mass is 10.1. The fraction of sp³-hybridized carbons (Fsp3) is 0.200. The second-order valence-corrected chi connectivity index (χ2v) is 6.62. The summed E-state index contributed by atoms with van der Waals surface area (Å²) in [5.74, 6) is -1.11. The van der Waals surface area contributed by atoms with E-state index in [2.05, 4.69) is 20.9 Å². The second kappa shape index (κ2) is 9.57. The number of hydrogen-bond donors (Lipinski definition) is 2. The highest BCUT2D eigenvalue weighted by Crippen LogP contribution is 2.18. The summed E-state index contributed by atoms with van der Waals surface area (Å²) in [7, 11) is 0. The zero-order chi connectivity index (χ0) is 22.4. The van der Waals surface area contributed by atoms with Crippen molar-refractivity contribution in [2.45, 2.75) is 13.3 Å². The van der Waals surface area contributed by atoms with Gasteiger partial charge in [-0.2, -0.15) is 0 Å². The Morgan fingerprint density at radius 2 is 1.84 bits per heavy atom. The molecule has 3 aromatic rings. The van der Waals surface area contributed by atoms with E-state index in [0.717, 1.165) is 0 Å². The van der Waals surface area contributed by atoms with E-state index < -0.39 is 10.8 Å². The summed E-state index contributed by atoms with van der Waals surface area (Å²) in [5, 5.41) is 24.0. The lowest BCUT2D eigenvalue weighted by Gasteiger charge is -2.07. The molecule has 0 aliphatic rings. The molecule has 0 aliphatic heterocycles. The smallest absolute Gasteiger partial charge is 0.273 e. The maximum absolute atomic E-state index is 12.9.